The molecule has 0 aliphatic heterocycles. The van der Waals surface area contributed by atoms with Gasteiger partial charge in [0.05, 0.1) is 19.1 Å². The summed E-state index contributed by atoms with van der Waals surface area (Å²) in [4.78, 5) is 12.9. The van der Waals surface area contributed by atoms with Crippen LogP contribution in [-0.4, -0.2) is 37.6 Å². The van der Waals surface area contributed by atoms with Crippen LogP contribution in [0.15, 0.2) is 36.4 Å². The van der Waals surface area contributed by atoms with Gasteiger partial charge in [0.1, 0.15) is 0 Å². The maximum atomic E-state index is 10.9. The van der Waals surface area contributed by atoms with Crippen LogP contribution >= 0.6 is 0 Å². The van der Waals surface area contributed by atoms with Crippen molar-refractivity contribution in [2.75, 3.05) is 27.8 Å². The highest BCUT2D eigenvalue weighted by atomic mass is 16.6. The number of nitro benzene ring substituents is 1. The first kappa shape index (κ1) is 21.7. The van der Waals surface area contributed by atoms with Crippen molar-refractivity contribution in [3.8, 4) is 11.5 Å². The third-order valence-electron chi connectivity index (χ3n) is 4.86. The molecule has 0 amide bonds. The van der Waals surface area contributed by atoms with E-state index >= 15 is 0 Å². The lowest BCUT2D eigenvalue weighted by atomic mass is 10.0. The molecule has 0 unspecified atom stereocenters. The number of ether oxygens (including phenoxy) is 2. The molecule has 2 rings (SSSR count). The third-order valence-corrected chi connectivity index (χ3v) is 4.86. The molecule has 0 spiro atoms. The van der Waals surface area contributed by atoms with Gasteiger partial charge >= 0.3 is 0 Å². The van der Waals surface area contributed by atoms with Crippen molar-refractivity contribution >= 4 is 5.69 Å². The number of rotatable bonds is 11. The molecule has 0 saturated carbocycles. The van der Waals surface area contributed by atoms with Gasteiger partial charge in [0.2, 0.25) is 0 Å². The van der Waals surface area contributed by atoms with Crippen molar-refractivity contribution in [3.05, 3.63) is 63.2 Å². The normalized spacial score (nSPS) is 10.9. The standard InChI is InChI=1S/C22H30N2O4/c1-17-14-18(9-11-20(17)24(25)26)8-6-5-7-13-23(2)16-19-10-12-21(27-3)22(15-19)28-4/h9-12,14-15H,5-8,13,16H2,1-4H3. The number of benzene rings is 2. The largest absolute Gasteiger partial charge is 0.493 e. The molecule has 0 bridgehead atoms. The van der Waals surface area contributed by atoms with Gasteiger partial charge in [-0.3, -0.25) is 10.1 Å². The lowest BCUT2D eigenvalue weighted by Crippen LogP contribution is -2.19. The molecule has 152 valence electrons. The van der Waals surface area contributed by atoms with E-state index in [2.05, 4.69) is 18.0 Å². The van der Waals surface area contributed by atoms with E-state index in [1.165, 1.54) is 11.1 Å². The van der Waals surface area contributed by atoms with Crippen LogP contribution in [0.5, 0.6) is 11.5 Å². The molecule has 0 radical (unpaired) electrons. The second-order valence-electron chi connectivity index (χ2n) is 7.12. The number of nitrogens with zero attached hydrogens (tertiary/aromatic N) is 2. The van der Waals surface area contributed by atoms with E-state index in [0.29, 0.717) is 0 Å². The van der Waals surface area contributed by atoms with Crippen LogP contribution in [0.4, 0.5) is 5.69 Å². The Morgan fingerprint density at radius 2 is 1.68 bits per heavy atom. The highest BCUT2D eigenvalue weighted by Crippen LogP contribution is 2.28. The van der Waals surface area contributed by atoms with Crippen LogP contribution in [0.3, 0.4) is 0 Å². The van der Waals surface area contributed by atoms with E-state index in [9.17, 15) is 10.1 Å². The Bertz CT molecular complexity index is 792. The van der Waals surface area contributed by atoms with E-state index < -0.39 is 0 Å². The second-order valence-corrected chi connectivity index (χ2v) is 7.12. The summed E-state index contributed by atoms with van der Waals surface area (Å²) in [6, 6.07) is 11.4. The van der Waals surface area contributed by atoms with Gasteiger partial charge in [-0.25, -0.2) is 0 Å². The van der Waals surface area contributed by atoms with Gasteiger partial charge in [0.25, 0.3) is 5.69 Å². The fourth-order valence-corrected chi connectivity index (χ4v) is 3.34. The van der Waals surface area contributed by atoms with Gasteiger partial charge in [-0.2, -0.15) is 0 Å². The Balaban J connectivity index is 1.72. The van der Waals surface area contributed by atoms with Crippen molar-refractivity contribution in [2.45, 2.75) is 39.2 Å². The van der Waals surface area contributed by atoms with Crippen LogP contribution in [0.1, 0.15) is 36.0 Å². The van der Waals surface area contributed by atoms with Crippen LogP contribution in [0.25, 0.3) is 0 Å². The minimum absolute atomic E-state index is 0.195. The summed E-state index contributed by atoms with van der Waals surface area (Å²) in [6.45, 7) is 3.68. The van der Waals surface area contributed by atoms with Gasteiger partial charge in [-0.1, -0.05) is 18.6 Å². The average molecular weight is 386 g/mol. The lowest BCUT2D eigenvalue weighted by molar-refractivity contribution is -0.385. The quantitative estimate of drug-likeness (QED) is 0.316. The van der Waals surface area contributed by atoms with E-state index in [-0.39, 0.29) is 10.6 Å². The van der Waals surface area contributed by atoms with E-state index in [0.717, 1.165) is 55.8 Å². The highest BCUT2D eigenvalue weighted by molar-refractivity contribution is 5.43. The molecule has 0 atom stereocenters. The molecule has 0 N–H and O–H groups in total. The van der Waals surface area contributed by atoms with Crippen LogP contribution in [-0.2, 0) is 13.0 Å². The Hall–Kier alpha value is -2.60. The average Bonchev–Trinajstić information content (AvgIpc) is 2.67. The van der Waals surface area contributed by atoms with Gasteiger partial charge in [0, 0.05) is 18.2 Å². The summed E-state index contributed by atoms with van der Waals surface area (Å²) in [6.07, 6.45) is 4.29. The molecule has 0 aromatic heterocycles. The molecule has 0 aliphatic carbocycles. The molecule has 6 nitrogen and oxygen atoms in total. The van der Waals surface area contributed by atoms with E-state index in [1.807, 2.05) is 24.3 Å². The molecule has 0 aliphatic rings. The van der Waals surface area contributed by atoms with Crippen molar-refractivity contribution in [3.63, 3.8) is 0 Å². The van der Waals surface area contributed by atoms with Crippen LogP contribution in [0.2, 0.25) is 0 Å². The predicted octanol–water partition coefficient (Wildman–Crippen LogP) is 4.77. The zero-order chi connectivity index (χ0) is 20.5. The molecule has 2 aromatic carbocycles. The second kappa shape index (κ2) is 10.7. The molecule has 6 heteroatoms. The SMILES string of the molecule is COc1ccc(CN(C)CCCCCc2ccc([N+](=O)[O-])c(C)c2)cc1OC. The van der Waals surface area contributed by atoms with E-state index in [4.69, 9.17) is 9.47 Å². The summed E-state index contributed by atoms with van der Waals surface area (Å²) < 4.78 is 10.6. The fraction of sp³-hybridized carbons (Fsp3) is 0.455. The smallest absolute Gasteiger partial charge is 0.272 e. The Morgan fingerprint density at radius 1 is 0.964 bits per heavy atom. The van der Waals surface area contributed by atoms with Gasteiger partial charge in [0.15, 0.2) is 11.5 Å². The summed E-state index contributed by atoms with van der Waals surface area (Å²) in [5, 5.41) is 10.9. The Morgan fingerprint density at radius 3 is 2.32 bits per heavy atom. The monoisotopic (exact) mass is 386 g/mol. The molecule has 28 heavy (non-hydrogen) atoms. The number of hydrogen-bond acceptors (Lipinski definition) is 5. The molecular weight excluding hydrogens is 356 g/mol. The highest BCUT2D eigenvalue weighted by Gasteiger charge is 2.10. The van der Waals surface area contributed by atoms with Gasteiger partial charge in [-0.05, 0) is 69.1 Å². The van der Waals surface area contributed by atoms with Crippen molar-refractivity contribution in [1.29, 1.82) is 0 Å². The number of methoxy groups -OCH3 is 2. The number of unbranched alkanes of at least 4 members (excludes halogenated alkanes) is 2. The first-order valence-electron chi connectivity index (χ1n) is 9.58. The predicted molar refractivity (Wildman–Crippen MR) is 111 cm³/mol. The Labute approximate surface area is 167 Å². The van der Waals surface area contributed by atoms with E-state index in [1.54, 1.807) is 27.2 Å². The topological polar surface area (TPSA) is 64.8 Å². The molecule has 2 aromatic rings. The molecule has 0 saturated heterocycles. The maximum Gasteiger partial charge on any atom is 0.272 e. The number of aryl methyl sites for hydroxylation is 2. The fourth-order valence-electron chi connectivity index (χ4n) is 3.34. The number of nitro groups is 1. The van der Waals surface area contributed by atoms with Gasteiger partial charge in [-0.15, -0.1) is 0 Å². The molecular formula is C22H30N2O4. The minimum atomic E-state index is -0.326. The van der Waals surface area contributed by atoms with Crippen molar-refractivity contribution < 1.29 is 14.4 Å². The van der Waals surface area contributed by atoms with Crippen LogP contribution in [0, 0.1) is 17.0 Å². The third kappa shape index (κ3) is 6.23. The first-order valence-corrected chi connectivity index (χ1v) is 9.58. The summed E-state index contributed by atoms with van der Waals surface area (Å²) in [5.41, 5.74) is 3.29. The number of hydrogen-bond donors (Lipinski definition) is 0. The van der Waals surface area contributed by atoms with Crippen molar-refractivity contribution in [1.82, 2.24) is 4.90 Å². The summed E-state index contributed by atoms with van der Waals surface area (Å²) in [5.74, 6) is 1.50. The zero-order valence-electron chi connectivity index (χ0n) is 17.2. The Kier molecular flexibility index (Phi) is 8.26. The maximum absolute atomic E-state index is 10.9. The minimum Gasteiger partial charge on any atom is -0.493 e. The summed E-state index contributed by atoms with van der Waals surface area (Å²) in [7, 11) is 5.41. The zero-order valence-corrected chi connectivity index (χ0v) is 17.2. The van der Waals surface area contributed by atoms with Crippen LogP contribution < -0.4 is 9.47 Å². The summed E-state index contributed by atoms with van der Waals surface area (Å²) >= 11 is 0. The lowest BCUT2D eigenvalue weighted by Gasteiger charge is -2.17. The van der Waals surface area contributed by atoms with Crippen molar-refractivity contribution in [2.24, 2.45) is 0 Å². The molecule has 0 heterocycles. The first-order chi connectivity index (χ1) is 13.4. The molecule has 0 fully saturated rings. The van der Waals surface area contributed by atoms with Gasteiger partial charge < -0.3 is 14.4 Å².